The van der Waals surface area contributed by atoms with Gasteiger partial charge in [-0.25, -0.2) is 4.98 Å². The molecule has 184 valence electrons. The van der Waals surface area contributed by atoms with Crippen molar-refractivity contribution in [2.24, 2.45) is 11.8 Å². The van der Waals surface area contributed by atoms with Gasteiger partial charge in [0.2, 0.25) is 5.91 Å². The lowest BCUT2D eigenvalue weighted by molar-refractivity contribution is -0.136. The van der Waals surface area contributed by atoms with Crippen LogP contribution in [0.4, 0.5) is 0 Å². The summed E-state index contributed by atoms with van der Waals surface area (Å²) in [7, 11) is 1.61. The Bertz CT molecular complexity index is 677. The van der Waals surface area contributed by atoms with E-state index < -0.39 is 0 Å². The Hall–Kier alpha value is -1.47. The molecule has 0 unspecified atom stereocenters. The lowest BCUT2D eigenvalue weighted by atomic mass is 9.94. The minimum Gasteiger partial charge on any atom is -0.371 e. The molecule has 0 aliphatic heterocycles. The number of hydrogen-bond acceptors (Lipinski definition) is 5. The van der Waals surface area contributed by atoms with Gasteiger partial charge < -0.3 is 15.0 Å². The lowest BCUT2D eigenvalue weighted by Crippen LogP contribution is -2.45. The van der Waals surface area contributed by atoms with Crippen molar-refractivity contribution in [2.75, 3.05) is 20.2 Å². The molecule has 0 aliphatic rings. The largest absolute Gasteiger partial charge is 0.371 e. The van der Waals surface area contributed by atoms with Crippen molar-refractivity contribution in [1.29, 1.82) is 0 Å². The summed E-state index contributed by atoms with van der Waals surface area (Å²) in [6.45, 7) is 14.2. The van der Waals surface area contributed by atoms with Crippen LogP contribution in [0.2, 0.25) is 0 Å². The van der Waals surface area contributed by atoms with Crippen LogP contribution < -0.4 is 5.32 Å². The summed E-state index contributed by atoms with van der Waals surface area (Å²) in [6.07, 6.45) is 6.60. The molecule has 1 aromatic rings. The van der Waals surface area contributed by atoms with E-state index in [1.165, 1.54) is 24.2 Å². The van der Waals surface area contributed by atoms with Gasteiger partial charge in [-0.3, -0.25) is 9.59 Å². The van der Waals surface area contributed by atoms with Crippen molar-refractivity contribution in [1.82, 2.24) is 15.2 Å². The first-order chi connectivity index (χ1) is 15.3. The average Bonchev–Trinajstić information content (AvgIpc) is 3.26. The Balaban J connectivity index is 3.12. The molecule has 3 atom stereocenters. The molecule has 2 amide bonds. The first-order valence-electron chi connectivity index (χ1n) is 12.4. The molecule has 1 aromatic heterocycles. The van der Waals surface area contributed by atoms with Crippen LogP contribution in [0.1, 0.15) is 108 Å². The maximum atomic E-state index is 13.3. The topological polar surface area (TPSA) is 71.5 Å². The van der Waals surface area contributed by atoms with Gasteiger partial charge >= 0.3 is 0 Å². The van der Waals surface area contributed by atoms with E-state index in [1.54, 1.807) is 12.4 Å². The van der Waals surface area contributed by atoms with Gasteiger partial charge in [-0.15, -0.1) is 11.3 Å². The fourth-order valence-corrected chi connectivity index (χ4v) is 4.69. The summed E-state index contributed by atoms with van der Waals surface area (Å²) in [5.41, 5.74) is 0.419. The number of rotatable bonds is 16. The van der Waals surface area contributed by atoms with Crippen LogP contribution in [0.5, 0.6) is 0 Å². The van der Waals surface area contributed by atoms with Gasteiger partial charge in [0.15, 0.2) is 0 Å². The molecule has 0 fully saturated rings. The minimum atomic E-state index is -0.231. The number of unbranched alkanes of at least 4 members (excludes halogenated alkanes) is 3. The highest BCUT2D eigenvalue weighted by atomic mass is 32.1. The van der Waals surface area contributed by atoms with Crippen molar-refractivity contribution in [2.45, 2.75) is 98.6 Å². The van der Waals surface area contributed by atoms with E-state index in [2.05, 4.69) is 49.8 Å². The van der Waals surface area contributed by atoms with Crippen LogP contribution in [-0.4, -0.2) is 47.9 Å². The van der Waals surface area contributed by atoms with Crippen LogP contribution in [0, 0.1) is 11.8 Å². The Kier molecular flexibility index (Phi) is 13.7. The van der Waals surface area contributed by atoms with E-state index in [1.807, 2.05) is 6.92 Å². The second-order valence-corrected chi connectivity index (χ2v) is 9.90. The van der Waals surface area contributed by atoms with Gasteiger partial charge in [-0.05, 0) is 25.2 Å². The van der Waals surface area contributed by atoms with Crippen LogP contribution in [0.25, 0.3) is 0 Å². The van der Waals surface area contributed by atoms with Gasteiger partial charge in [0.1, 0.15) is 16.8 Å². The molecule has 1 N–H and O–H groups in total. The first kappa shape index (κ1) is 28.6. The van der Waals surface area contributed by atoms with Gasteiger partial charge in [0.25, 0.3) is 5.91 Å². The zero-order chi connectivity index (χ0) is 24.1. The highest BCUT2D eigenvalue weighted by molar-refractivity contribution is 7.09. The molecular formula is C25H45N3O3S. The molecule has 0 bridgehead atoms. The summed E-state index contributed by atoms with van der Waals surface area (Å²) in [4.78, 5) is 32.0. The smallest absolute Gasteiger partial charge is 0.270 e. The monoisotopic (exact) mass is 467 g/mol. The summed E-state index contributed by atoms with van der Waals surface area (Å²) < 4.78 is 6.09. The third-order valence-electron chi connectivity index (χ3n) is 6.04. The number of carbonyl (C=O) groups excluding carboxylic acids is 2. The molecular weight excluding hydrogens is 422 g/mol. The summed E-state index contributed by atoms with van der Waals surface area (Å²) in [5.74, 6) is 0.730. The molecule has 1 heterocycles. The van der Waals surface area contributed by atoms with Gasteiger partial charge in [-0.1, -0.05) is 60.3 Å². The number of carbonyl (C=O) groups is 2. The molecule has 0 radical (unpaired) electrons. The van der Waals surface area contributed by atoms with Gasteiger partial charge in [-0.2, -0.15) is 0 Å². The highest BCUT2D eigenvalue weighted by Gasteiger charge is 2.31. The predicted molar refractivity (Wildman–Crippen MR) is 133 cm³/mol. The number of nitrogens with zero attached hydrogens (tertiary/aromatic N) is 2. The fraction of sp³-hybridized carbons (Fsp3) is 0.800. The second-order valence-electron chi connectivity index (χ2n) is 9.01. The van der Waals surface area contributed by atoms with Crippen molar-refractivity contribution in [3.8, 4) is 0 Å². The number of hydrogen-bond donors (Lipinski definition) is 1. The maximum absolute atomic E-state index is 13.3. The van der Waals surface area contributed by atoms with Crippen molar-refractivity contribution in [3.05, 3.63) is 16.1 Å². The fourth-order valence-electron chi connectivity index (χ4n) is 3.83. The van der Waals surface area contributed by atoms with Crippen LogP contribution >= 0.6 is 11.3 Å². The summed E-state index contributed by atoms with van der Waals surface area (Å²) >= 11 is 1.45. The molecule has 0 saturated heterocycles. The van der Waals surface area contributed by atoms with E-state index >= 15 is 0 Å². The van der Waals surface area contributed by atoms with Crippen LogP contribution in [0.3, 0.4) is 0 Å². The van der Waals surface area contributed by atoms with Crippen molar-refractivity contribution < 1.29 is 14.3 Å². The summed E-state index contributed by atoms with van der Waals surface area (Å²) in [6, 6.07) is 0.0667. The second kappa shape index (κ2) is 15.4. The van der Waals surface area contributed by atoms with Crippen molar-refractivity contribution >= 4 is 23.2 Å². The van der Waals surface area contributed by atoms with E-state index in [4.69, 9.17) is 4.74 Å². The molecule has 0 aliphatic carbocycles. The lowest BCUT2D eigenvalue weighted by Gasteiger charge is -2.37. The third kappa shape index (κ3) is 9.18. The SMILES string of the molecule is CCCCCCN(C(=O)C[C@@H](C)CC)[C@H](C[C@@H](OCC)c1nc(C(=O)NC)cs1)C(C)C. The Morgan fingerprint density at radius 2 is 1.88 bits per heavy atom. The first-order valence-corrected chi connectivity index (χ1v) is 13.2. The normalized spacial score (nSPS) is 14.2. The molecule has 1 rings (SSSR count). The Labute approximate surface area is 199 Å². The molecule has 0 aromatic carbocycles. The Morgan fingerprint density at radius 1 is 1.16 bits per heavy atom. The molecule has 0 saturated carbocycles. The number of thiazole rings is 1. The molecule has 7 heteroatoms. The Morgan fingerprint density at radius 3 is 2.44 bits per heavy atom. The average molecular weight is 468 g/mol. The quantitative estimate of drug-likeness (QED) is 0.310. The number of amides is 2. The van der Waals surface area contributed by atoms with Gasteiger partial charge in [0.05, 0.1) is 0 Å². The minimum absolute atomic E-state index is 0.0667. The van der Waals surface area contributed by atoms with E-state index in [-0.39, 0.29) is 24.0 Å². The predicted octanol–water partition coefficient (Wildman–Crippen LogP) is 5.84. The van der Waals surface area contributed by atoms with E-state index in [0.717, 1.165) is 30.8 Å². The number of aromatic nitrogens is 1. The number of nitrogens with one attached hydrogen (secondary N) is 1. The third-order valence-corrected chi connectivity index (χ3v) is 6.98. The zero-order valence-electron chi connectivity index (χ0n) is 21.3. The standard InChI is InChI=1S/C25H45N3O3S/c1-8-11-12-13-14-28(23(29)15-19(6)9-2)21(18(4)5)16-22(31-10-3)25-27-20(17-32-25)24(30)26-7/h17-19,21-22H,8-16H2,1-7H3,(H,26,30)/t19-,21+,22+/m0/s1. The van der Waals surface area contributed by atoms with Crippen LogP contribution in [0.15, 0.2) is 5.38 Å². The van der Waals surface area contributed by atoms with E-state index in [9.17, 15) is 9.59 Å². The zero-order valence-corrected chi connectivity index (χ0v) is 22.1. The van der Waals surface area contributed by atoms with Crippen LogP contribution in [-0.2, 0) is 9.53 Å². The highest BCUT2D eigenvalue weighted by Crippen LogP contribution is 2.31. The number of ether oxygens (including phenoxy) is 1. The summed E-state index contributed by atoms with van der Waals surface area (Å²) in [5, 5.41) is 5.21. The molecule has 0 spiro atoms. The molecule has 6 nitrogen and oxygen atoms in total. The van der Waals surface area contributed by atoms with Crippen molar-refractivity contribution in [3.63, 3.8) is 0 Å². The van der Waals surface area contributed by atoms with E-state index in [0.29, 0.717) is 37.0 Å². The molecule has 32 heavy (non-hydrogen) atoms. The maximum Gasteiger partial charge on any atom is 0.270 e. The van der Waals surface area contributed by atoms with Gasteiger partial charge in [0, 0.05) is 44.5 Å².